The quantitative estimate of drug-likeness (QED) is 0.759. The zero-order chi connectivity index (χ0) is 11.6. The Balaban J connectivity index is 3.30. The first kappa shape index (κ1) is 11.2. The molecule has 4 heteroatoms. The molecule has 0 aromatic heterocycles. The lowest BCUT2D eigenvalue weighted by atomic mass is 9.97. The van der Waals surface area contributed by atoms with Gasteiger partial charge in [-0.1, -0.05) is 6.07 Å². The number of nitrogens with two attached hydrogens (primary N) is 1. The molecule has 1 unspecified atom stereocenters. The minimum atomic E-state index is -1.10. The van der Waals surface area contributed by atoms with E-state index in [0.29, 0.717) is 11.1 Å². The third-order valence-corrected chi connectivity index (χ3v) is 2.44. The number of carbonyl (C=O) groups is 1. The molecular formula is C11H12N2O2. The monoisotopic (exact) mass is 204 g/mol. The maximum atomic E-state index is 10.7. The average molecular weight is 204 g/mol. The van der Waals surface area contributed by atoms with Crippen LogP contribution >= 0.6 is 0 Å². The lowest BCUT2D eigenvalue weighted by Crippen LogP contribution is -2.21. The van der Waals surface area contributed by atoms with E-state index < -0.39 is 12.0 Å². The number of nitrogens with zero attached hydrogens (tertiary/aromatic N) is 1. The fourth-order valence-corrected chi connectivity index (χ4v) is 1.33. The standard InChI is InChI=1S/C11H12N2O2/c1-6-3-8(10(13)11(14)15)4-9(5-12)7(6)2/h3-4,10H,13H2,1-2H3,(H,14,15). The predicted molar refractivity (Wildman–Crippen MR) is 55.2 cm³/mol. The molecule has 0 bridgehead atoms. The lowest BCUT2D eigenvalue weighted by molar-refractivity contribution is -0.138. The van der Waals surface area contributed by atoms with Crippen molar-refractivity contribution >= 4 is 5.97 Å². The number of aliphatic carboxylic acids is 1. The summed E-state index contributed by atoms with van der Waals surface area (Å²) in [7, 11) is 0. The van der Waals surface area contributed by atoms with E-state index in [2.05, 4.69) is 0 Å². The van der Waals surface area contributed by atoms with Crippen molar-refractivity contribution < 1.29 is 9.90 Å². The molecule has 0 saturated carbocycles. The van der Waals surface area contributed by atoms with Crippen molar-refractivity contribution in [2.24, 2.45) is 5.73 Å². The van der Waals surface area contributed by atoms with Gasteiger partial charge in [0.15, 0.2) is 0 Å². The molecule has 0 radical (unpaired) electrons. The molecule has 0 aliphatic carbocycles. The van der Waals surface area contributed by atoms with Crippen molar-refractivity contribution in [3.05, 3.63) is 34.4 Å². The van der Waals surface area contributed by atoms with Gasteiger partial charge in [-0.3, -0.25) is 4.79 Å². The van der Waals surface area contributed by atoms with Crippen LogP contribution in [0.5, 0.6) is 0 Å². The predicted octanol–water partition coefficient (Wildman–Crippen LogP) is 1.26. The van der Waals surface area contributed by atoms with E-state index in [0.717, 1.165) is 11.1 Å². The summed E-state index contributed by atoms with van der Waals surface area (Å²) in [6, 6.07) is 4.18. The van der Waals surface area contributed by atoms with Gasteiger partial charge in [0.05, 0.1) is 11.6 Å². The average Bonchev–Trinajstić information content (AvgIpc) is 2.20. The van der Waals surface area contributed by atoms with Crippen LogP contribution in [-0.2, 0) is 4.79 Å². The molecule has 4 nitrogen and oxygen atoms in total. The Labute approximate surface area is 87.9 Å². The molecule has 0 fully saturated rings. The highest BCUT2D eigenvalue weighted by molar-refractivity contribution is 5.75. The Bertz CT molecular complexity index is 447. The van der Waals surface area contributed by atoms with Crippen LogP contribution in [0.2, 0.25) is 0 Å². The van der Waals surface area contributed by atoms with Crippen LogP contribution in [0.25, 0.3) is 0 Å². The van der Waals surface area contributed by atoms with Crippen molar-refractivity contribution in [2.45, 2.75) is 19.9 Å². The molecule has 0 amide bonds. The fraction of sp³-hybridized carbons (Fsp3) is 0.273. The normalized spacial score (nSPS) is 11.9. The summed E-state index contributed by atoms with van der Waals surface area (Å²) in [6.07, 6.45) is 0. The zero-order valence-electron chi connectivity index (χ0n) is 8.61. The highest BCUT2D eigenvalue weighted by Crippen LogP contribution is 2.19. The van der Waals surface area contributed by atoms with Gasteiger partial charge in [0.25, 0.3) is 0 Å². The summed E-state index contributed by atoms with van der Waals surface area (Å²) in [5, 5.41) is 17.6. The molecule has 78 valence electrons. The number of carboxylic acid groups (broad SMARTS) is 1. The van der Waals surface area contributed by atoms with E-state index in [1.54, 1.807) is 6.07 Å². The number of hydrogen-bond acceptors (Lipinski definition) is 3. The van der Waals surface area contributed by atoms with Gasteiger partial charge in [-0.05, 0) is 36.6 Å². The minimum absolute atomic E-state index is 0.460. The van der Waals surface area contributed by atoms with E-state index in [1.807, 2.05) is 19.9 Å². The zero-order valence-corrected chi connectivity index (χ0v) is 8.61. The second-order valence-electron chi connectivity index (χ2n) is 3.44. The number of rotatable bonds is 2. The summed E-state index contributed by atoms with van der Waals surface area (Å²) in [5.41, 5.74) is 8.14. The van der Waals surface area contributed by atoms with Crippen molar-refractivity contribution in [1.29, 1.82) is 5.26 Å². The summed E-state index contributed by atoms with van der Waals surface area (Å²) >= 11 is 0. The van der Waals surface area contributed by atoms with E-state index in [4.69, 9.17) is 16.1 Å². The molecule has 15 heavy (non-hydrogen) atoms. The topological polar surface area (TPSA) is 87.1 Å². The maximum absolute atomic E-state index is 10.7. The van der Waals surface area contributed by atoms with Gasteiger partial charge in [0.2, 0.25) is 0 Å². The second-order valence-corrected chi connectivity index (χ2v) is 3.44. The second kappa shape index (κ2) is 4.11. The molecular weight excluding hydrogens is 192 g/mol. The van der Waals surface area contributed by atoms with Crippen LogP contribution in [0, 0.1) is 25.2 Å². The SMILES string of the molecule is Cc1cc(C(N)C(=O)O)cc(C#N)c1C. The number of benzene rings is 1. The van der Waals surface area contributed by atoms with Gasteiger partial charge in [-0.25, -0.2) is 0 Å². The Hall–Kier alpha value is -1.86. The van der Waals surface area contributed by atoms with Crippen LogP contribution in [0.3, 0.4) is 0 Å². The molecule has 1 rings (SSSR count). The first-order valence-electron chi connectivity index (χ1n) is 4.47. The maximum Gasteiger partial charge on any atom is 0.325 e. The number of nitriles is 1. The lowest BCUT2D eigenvalue weighted by Gasteiger charge is -2.10. The van der Waals surface area contributed by atoms with Crippen molar-refractivity contribution in [2.75, 3.05) is 0 Å². The van der Waals surface area contributed by atoms with Crippen molar-refractivity contribution in [3.8, 4) is 6.07 Å². The molecule has 0 spiro atoms. The minimum Gasteiger partial charge on any atom is -0.480 e. The van der Waals surface area contributed by atoms with Crippen LogP contribution in [0.15, 0.2) is 12.1 Å². The van der Waals surface area contributed by atoms with E-state index in [1.165, 1.54) is 6.07 Å². The summed E-state index contributed by atoms with van der Waals surface area (Å²) < 4.78 is 0. The highest BCUT2D eigenvalue weighted by Gasteiger charge is 2.16. The smallest absolute Gasteiger partial charge is 0.325 e. The first-order chi connectivity index (χ1) is 6.97. The molecule has 0 aliphatic rings. The van der Waals surface area contributed by atoms with Crippen LogP contribution in [-0.4, -0.2) is 11.1 Å². The third-order valence-electron chi connectivity index (χ3n) is 2.44. The van der Waals surface area contributed by atoms with Crippen LogP contribution < -0.4 is 5.73 Å². The van der Waals surface area contributed by atoms with E-state index in [9.17, 15) is 4.79 Å². The summed E-state index contributed by atoms with van der Waals surface area (Å²) in [6.45, 7) is 3.65. The van der Waals surface area contributed by atoms with Gasteiger partial charge < -0.3 is 10.8 Å². The molecule has 1 aromatic rings. The molecule has 1 atom stereocenters. The first-order valence-corrected chi connectivity index (χ1v) is 4.47. The van der Waals surface area contributed by atoms with Gasteiger partial charge >= 0.3 is 5.97 Å². The van der Waals surface area contributed by atoms with E-state index in [-0.39, 0.29) is 0 Å². The number of aryl methyl sites for hydroxylation is 1. The summed E-state index contributed by atoms with van der Waals surface area (Å²) in [5.74, 6) is -1.10. The largest absolute Gasteiger partial charge is 0.480 e. The number of hydrogen-bond donors (Lipinski definition) is 2. The molecule has 1 aromatic carbocycles. The van der Waals surface area contributed by atoms with Gasteiger partial charge in [-0.2, -0.15) is 5.26 Å². The Morgan fingerprint density at radius 2 is 2.13 bits per heavy atom. The van der Waals surface area contributed by atoms with Gasteiger partial charge in [0, 0.05) is 0 Å². The Kier molecular flexibility index (Phi) is 3.08. The molecule has 0 saturated heterocycles. The van der Waals surface area contributed by atoms with Crippen LogP contribution in [0.4, 0.5) is 0 Å². The van der Waals surface area contributed by atoms with E-state index >= 15 is 0 Å². The fourth-order valence-electron chi connectivity index (χ4n) is 1.33. The van der Waals surface area contributed by atoms with Crippen molar-refractivity contribution in [1.82, 2.24) is 0 Å². The molecule has 3 N–H and O–H groups in total. The number of carboxylic acids is 1. The van der Waals surface area contributed by atoms with Gasteiger partial charge in [-0.15, -0.1) is 0 Å². The van der Waals surface area contributed by atoms with Crippen LogP contribution in [0.1, 0.15) is 28.3 Å². The molecule has 0 aliphatic heterocycles. The Morgan fingerprint density at radius 1 is 1.53 bits per heavy atom. The third kappa shape index (κ3) is 2.14. The highest BCUT2D eigenvalue weighted by atomic mass is 16.4. The van der Waals surface area contributed by atoms with Gasteiger partial charge in [0.1, 0.15) is 6.04 Å². The summed E-state index contributed by atoms with van der Waals surface area (Å²) in [4.78, 5) is 10.7. The Morgan fingerprint density at radius 3 is 2.60 bits per heavy atom. The van der Waals surface area contributed by atoms with Crippen molar-refractivity contribution in [3.63, 3.8) is 0 Å². The molecule has 0 heterocycles.